The second kappa shape index (κ2) is 10.5. The zero-order chi connectivity index (χ0) is 23.3. The predicted molar refractivity (Wildman–Crippen MR) is 126 cm³/mol. The first-order valence-corrected chi connectivity index (χ1v) is 10.7. The van der Waals surface area contributed by atoms with E-state index in [9.17, 15) is 13.6 Å². The molecule has 0 bridgehead atoms. The molecule has 0 aliphatic rings. The van der Waals surface area contributed by atoms with Crippen LogP contribution in [0, 0.1) is 11.6 Å². The van der Waals surface area contributed by atoms with Crippen molar-refractivity contribution >= 4 is 34.9 Å². The van der Waals surface area contributed by atoms with E-state index in [1.807, 2.05) is 30.3 Å². The molecule has 1 N–H and O–H groups in total. The van der Waals surface area contributed by atoms with E-state index < -0.39 is 29.1 Å². The Labute approximate surface area is 195 Å². The second-order valence-corrected chi connectivity index (χ2v) is 7.81. The van der Waals surface area contributed by atoms with Crippen LogP contribution in [0.5, 0.6) is 5.75 Å². The number of carbonyl (C=O) groups excluding carboxylic acids is 1. The number of carbonyl (C=O) groups is 1. The summed E-state index contributed by atoms with van der Waals surface area (Å²) in [4.78, 5) is 14.3. The van der Waals surface area contributed by atoms with Gasteiger partial charge < -0.3 is 15.0 Å². The zero-order valence-corrected chi connectivity index (χ0v) is 19.0. The van der Waals surface area contributed by atoms with Crippen molar-refractivity contribution in [3.8, 4) is 16.9 Å². The Morgan fingerprint density at radius 3 is 2.25 bits per heavy atom. The van der Waals surface area contributed by atoms with Gasteiger partial charge in [0, 0.05) is 20.0 Å². The molecular formula is C24H21ClF2N2O2S. The molecule has 0 aliphatic carbocycles. The number of halogens is 3. The van der Waals surface area contributed by atoms with Crippen LogP contribution in [0.15, 0.2) is 66.7 Å². The summed E-state index contributed by atoms with van der Waals surface area (Å²) in [6.45, 7) is 0. The number of hydrogen-bond donors (Lipinski definition) is 1. The summed E-state index contributed by atoms with van der Waals surface area (Å²) in [5.41, 5.74) is 1.74. The molecule has 1 unspecified atom stereocenters. The predicted octanol–water partition coefficient (Wildman–Crippen LogP) is 5.57. The van der Waals surface area contributed by atoms with E-state index in [4.69, 9.17) is 28.6 Å². The lowest BCUT2D eigenvalue weighted by molar-refractivity contribution is 0.0932. The highest BCUT2D eigenvalue weighted by Gasteiger charge is 2.22. The van der Waals surface area contributed by atoms with Crippen molar-refractivity contribution < 1.29 is 18.3 Å². The quantitative estimate of drug-likeness (QED) is 0.375. The van der Waals surface area contributed by atoms with Gasteiger partial charge in [-0.3, -0.25) is 4.79 Å². The Bertz CT molecular complexity index is 1100. The SMILES string of the molecule is CN(C)C(=S)Oc1ccc(-c2ccccc2C(CCl)NC(=O)c2c(F)cccc2F)cc1. The lowest BCUT2D eigenvalue weighted by atomic mass is 9.95. The lowest BCUT2D eigenvalue weighted by Crippen LogP contribution is -2.31. The number of amides is 1. The molecule has 0 spiro atoms. The molecule has 0 heterocycles. The maximum Gasteiger partial charge on any atom is 0.264 e. The van der Waals surface area contributed by atoms with Crippen molar-refractivity contribution in [1.82, 2.24) is 10.2 Å². The fourth-order valence-electron chi connectivity index (χ4n) is 3.10. The van der Waals surface area contributed by atoms with Crippen molar-refractivity contribution in [2.45, 2.75) is 6.04 Å². The first-order chi connectivity index (χ1) is 15.3. The number of hydrogen-bond acceptors (Lipinski definition) is 3. The van der Waals surface area contributed by atoms with E-state index in [2.05, 4.69) is 5.32 Å². The minimum atomic E-state index is -0.935. The van der Waals surface area contributed by atoms with E-state index in [0.717, 1.165) is 23.3 Å². The molecule has 0 fully saturated rings. The van der Waals surface area contributed by atoms with Crippen molar-refractivity contribution in [2.75, 3.05) is 20.0 Å². The largest absolute Gasteiger partial charge is 0.432 e. The zero-order valence-electron chi connectivity index (χ0n) is 17.4. The average Bonchev–Trinajstić information content (AvgIpc) is 2.78. The van der Waals surface area contributed by atoms with E-state index in [1.165, 1.54) is 6.07 Å². The molecule has 8 heteroatoms. The van der Waals surface area contributed by atoms with Crippen LogP contribution in [0.2, 0.25) is 0 Å². The molecule has 0 aliphatic heterocycles. The third-order valence-corrected chi connectivity index (χ3v) is 5.48. The maximum absolute atomic E-state index is 14.0. The minimum Gasteiger partial charge on any atom is -0.432 e. The highest BCUT2D eigenvalue weighted by Crippen LogP contribution is 2.31. The fourth-order valence-corrected chi connectivity index (χ4v) is 3.44. The molecule has 1 atom stereocenters. The third kappa shape index (κ3) is 5.41. The van der Waals surface area contributed by atoms with Crippen LogP contribution in [0.1, 0.15) is 22.0 Å². The first-order valence-electron chi connectivity index (χ1n) is 9.71. The van der Waals surface area contributed by atoms with Crippen LogP contribution in [0.25, 0.3) is 11.1 Å². The lowest BCUT2D eigenvalue weighted by Gasteiger charge is -2.21. The number of thiocarbonyl (C=S) groups is 1. The van der Waals surface area contributed by atoms with Gasteiger partial charge in [-0.05, 0) is 53.2 Å². The van der Waals surface area contributed by atoms with Gasteiger partial charge in [0.1, 0.15) is 22.9 Å². The Balaban J connectivity index is 1.87. The molecule has 166 valence electrons. The van der Waals surface area contributed by atoms with E-state index in [0.29, 0.717) is 16.5 Å². The summed E-state index contributed by atoms with van der Waals surface area (Å²) in [5.74, 6) is -2.15. The second-order valence-electron chi connectivity index (χ2n) is 7.15. The van der Waals surface area contributed by atoms with Gasteiger partial charge in [-0.1, -0.05) is 42.5 Å². The summed E-state index contributed by atoms with van der Waals surface area (Å²) in [6.07, 6.45) is 0. The van der Waals surface area contributed by atoms with Gasteiger partial charge >= 0.3 is 0 Å². The number of alkyl halides is 1. The number of nitrogens with zero attached hydrogens (tertiary/aromatic N) is 1. The molecule has 3 aromatic carbocycles. The number of nitrogens with one attached hydrogen (secondary N) is 1. The minimum absolute atomic E-state index is 0.0110. The van der Waals surface area contributed by atoms with Crippen LogP contribution in [-0.4, -0.2) is 36.0 Å². The molecular weight excluding hydrogens is 454 g/mol. The third-order valence-electron chi connectivity index (χ3n) is 4.72. The van der Waals surface area contributed by atoms with E-state index >= 15 is 0 Å². The van der Waals surface area contributed by atoms with Crippen LogP contribution in [-0.2, 0) is 0 Å². The van der Waals surface area contributed by atoms with Gasteiger partial charge in [0.25, 0.3) is 11.1 Å². The normalized spacial score (nSPS) is 11.5. The van der Waals surface area contributed by atoms with Gasteiger partial charge in [-0.2, -0.15) is 0 Å². The fraction of sp³-hybridized carbons (Fsp3) is 0.167. The Hall–Kier alpha value is -3.03. The number of rotatable bonds is 6. The van der Waals surface area contributed by atoms with E-state index in [-0.39, 0.29) is 5.88 Å². The molecule has 32 heavy (non-hydrogen) atoms. The standard InChI is InChI=1S/C24H21ClF2N2O2S/c1-29(2)24(32)31-16-12-10-15(11-13-16)17-6-3-4-7-18(17)21(14-25)28-23(30)22-19(26)8-5-9-20(22)27/h3-13,21H,14H2,1-2H3,(H,28,30). The molecule has 3 rings (SSSR count). The molecule has 1 amide bonds. The van der Waals surface area contributed by atoms with Crippen molar-refractivity contribution in [1.29, 1.82) is 0 Å². The molecule has 0 aromatic heterocycles. The Morgan fingerprint density at radius 1 is 1.03 bits per heavy atom. The molecule has 3 aromatic rings. The van der Waals surface area contributed by atoms with Crippen LogP contribution >= 0.6 is 23.8 Å². The summed E-state index contributed by atoms with van der Waals surface area (Å²) < 4.78 is 33.6. The van der Waals surface area contributed by atoms with Crippen LogP contribution in [0.3, 0.4) is 0 Å². The molecule has 0 saturated heterocycles. The topological polar surface area (TPSA) is 41.6 Å². The Kier molecular flexibility index (Phi) is 7.77. The van der Waals surface area contributed by atoms with Gasteiger partial charge in [0.15, 0.2) is 0 Å². The maximum atomic E-state index is 14.0. The summed E-state index contributed by atoms with van der Waals surface area (Å²) in [5, 5.41) is 2.98. The van der Waals surface area contributed by atoms with Gasteiger partial charge in [0.2, 0.25) is 0 Å². The molecule has 0 radical (unpaired) electrons. The monoisotopic (exact) mass is 474 g/mol. The average molecular weight is 475 g/mol. The molecule has 4 nitrogen and oxygen atoms in total. The summed E-state index contributed by atoms with van der Waals surface area (Å²) in [7, 11) is 3.58. The van der Waals surface area contributed by atoms with Crippen molar-refractivity contribution in [2.24, 2.45) is 0 Å². The van der Waals surface area contributed by atoms with Gasteiger partial charge in [-0.15, -0.1) is 11.6 Å². The Morgan fingerprint density at radius 2 is 1.66 bits per heavy atom. The van der Waals surface area contributed by atoms with Crippen LogP contribution in [0.4, 0.5) is 8.78 Å². The number of ether oxygens (including phenoxy) is 1. The van der Waals surface area contributed by atoms with Gasteiger partial charge in [0.05, 0.1) is 6.04 Å². The van der Waals surface area contributed by atoms with Crippen molar-refractivity contribution in [3.63, 3.8) is 0 Å². The first kappa shape index (κ1) is 23.6. The highest BCUT2D eigenvalue weighted by molar-refractivity contribution is 7.80. The summed E-state index contributed by atoms with van der Waals surface area (Å²) >= 11 is 11.3. The number of benzene rings is 3. The van der Waals surface area contributed by atoms with Crippen molar-refractivity contribution in [3.05, 3.63) is 89.5 Å². The van der Waals surface area contributed by atoms with E-state index in [1.54, 1.807) is 37.2 Å². The smallest absolute Gasteiger partial charge is 0.264 e. The van der Waals surface area contributed by atoms with Gasteiger partial charge in [-0.25, -0.2) is 8.78 Å². The molecule has 0 saturated carbocycles. The van der Waals surface area contributed by atoms with Crippen LogP contribution < -0.4 is 10.1 Å². The summed E-state index contributed by atoms with van der Waals surface area (Å²) in [6, 6.07) is 17.2. The highest BCUT2D eigenvalue weighted by atomic mass is 35.5.